The Bertz CT molecular complexity index is 4250. The van der Waals surface area contributed by atoms with Crippen molar-refractivity contribution in [3.05, 3.63) is 131 Å². The van der Waals surface area contributed by atoms with E-state index in [0.29, 0.717) is 44.0 Å². The molecule has 716 valence electrons. The van der Waals surface area contributed by atoms with Gasteiger partial charge in [-0.25, -0.2) is 0 Å². The van der Waals surface area contributed by atoms with Gasteiger partial charge in [0.15, 0.2) is 34.7 Å². The van der Waals surface area contributed by atoms with E-state index >= 15 is 0 Å². The van der Waals surface area contributed by atoms with Crippen LogP contribution in [0.4, 0.5) is 0 Å². The number of ketones is 6. The van der Waals surface area contributed by atoms with Gasteiger partial charge in [0.2, 0.25) is 35.4 Å². The largest absolute Gasteiger partial charge is 0.508 e. The van der Waals surface area contributed by atoms with Crippen molar-refractivity contribution in [3.8, 4) is 11.5 Å². The van der Waals surface area contributed by atoms with Gasteiger partial charge in [0.25, 0.3) is 0 Å². The number of carbonyl (C=O) groups is 18. The van der Waals surface area contributed by atoms with Gasteiger partial charge in [0.1, 0.15) is 24.7 Å². The van der Waals surface area contributed by atoms with Gasteiger partial charge in [0.05, 0.1) is 75.5 Å². The zero-order chi connectivity index (χ0) is 96.6. The molecule has 0 saturated heterocycles. The summed E-state index contributed by atoms with van der Waals surface area (Å²) in [5, 5.41) is 53.9. The van der Waals surface area contributed by atoms with E-state index in [0.717, 1.165) is 25.0 Å². The third-order valence-electron chi connectivity index (χ3n) is 20.3. The lowest BCUT2D eigenvalue weighted by atomic mass is 9.88. The van der Waals surface area contributed by atoms with Crippen LogP contribution in [-0.4, -0.2) is 216 Å². The number of esters is 2. The zero-order valence-electron chi connectivity index (χ0n) is 75.1. The number of amides is 6. The number of benzene rings is 4. The van der Waals surface area contributed by atoms with Crippen molar-refractivity contribution in [1.29, 1.82) is 0 Å². The number of aliphatic carboxylic acids is 2. The lowest BCUT2D eigenvalue weighted by Crippen LogP contribution is -2.48. The van der Waals surface area contributed by atoms with Crippen molar-refractivity contribution < 1.29 is 145 Å². The number of hydrogen-bond donors (Lipinski definition) is 12. The SMILES string of the molecule is COCCOCCCC(=O)[C@@H](CCC(=O)OCc1ccccc1)NC(=O)[C@H](CCC(=O)OCc1ccccc1)CC(=O)[C@@H](CC(C)C)NC(=O)[C@@H](CC(=O)[C@H](CC(=O)O)NC(C)=O)Cc1ccc(O)cc1.COCCOCCCC(=O)[C@@H](CCC(=O)ON)NC(=O)[C@H](CCC(=O)ON)CC(=O)[C@@H](CC(C)C)NC(=O)[C@@H](CC(=O)[C@H](CC(=O)O)NC(C)=O)Cc1ccc(O)cc1. The van der Waals surface area contributed by atoms with Gasteiger partial charge < -0.3 is 90.4 Å². The third kappa shape index (κ3) is 48.3. The molecule has 38 nitrogen and oxygen atoms in total. The summed E-state index contributed by atoms with van der Waals surface area (Å²) >= 11 is 0. The molecule has 4 aromatic carbocycles. The molecule has 0 spiro atoms. The van der Waals surface area contributed by atoms with Crippen molar-refractivity contribution in [2.45, 2.75) is 232 Å². The number of carboxylic acids is 2. The van der Waals surface area contributed by atoms with E-state index in [2.05, 4.69) is 41.6 Å². The first kappa shape index (κ1) is 112. The molecule has 0 heterocycles. The number of nitrogens with two attached hydrogens (primary N) is 2. The average molecular weight is 1830 g/mol. The molecule has 10 atom stereocenters. The summed E-state index contributed by atoms with van der Waals surface area (Å²) in [5.41, 5.74) is 2.52. The summed E-state index contributed by atoms with van der Waals surface area (Å²) in [6.45, 7) is 11.1. The maximum absolute atomic E-state index is 14.5. The fraction of sp³-hybridized carbons (Fsp3) is 0.543. The van der Waals surface area contributed by atoms with Crippen molar-refractivity contribution in [2.75, 3.05) is 53.9 Å². The van der Waals surface area contributed by atoms with Crippen LogP contribution in [0.5, 0.6) is 11.5 Å². The normalized spacial score (nSPS) is 13.3. The van der Waals surface area contributed by atoms with Gasteiger partial charge in [-0.05, 0) is 123 Å². The second kappa shape index (κ2) is 63.0. The minimum absolute atomic E-state index is 0.00171. The van der Waals surface area contributed by atoms with Crippen LogP contribution in [0, 0.1) is 35.5 Å². The van der Waals surface area contributed by atoms with E-state index in [1.165, 1.54) is 62.8 Å². The Hall–Kier alpha value is -12.1. The van der Waals surface area contributed by atoms with Gasteiger partial charge >= 0.3 is 35.8 Å². The maximum Gasteiger partial charge on any atom is 0.324 e. The monoisotopic (exact) mass is 1820 g/mol. The molecule has 0 fully saturated rings. The van der Waals surface area contributed by atoms with E-state index in [1.807, 2.05) is 26.0 Å². The number of carbonyl (C=O) groups excluding carboxylic acids is 16. The molecule has 38 heteroatoms. The fourth-order valence-electron chi connectivity index (χ4n) is 13.5. The molecular formula is C92H128N8O30. The molecule has 0 aromatic heterocycles. The predicted molar refractivity (Wildman–Crippen MR) is 466 cm³/mol. The molecule has 0 aliphatic rings. The number of hydrogen-bond acceptors (Lipinski definition) is 30. The molecule has 4 rings (SSSR count). The van der Waals surface area contributed by atoms with E-state index in [4.69, 9.17) is 40.2 Å². The number of rotatable bonds is 66. The Balaban J connectivity index is 0.000000683. The van der Waals surface area contributed by atoms with Gasteiger partial charge in [-0.15, -0.1) is 0 Å². The predicted octanol–water partition coefficient (Wildman–Crippen LogP) is 5.63. The highest BCUT2D eigenvalue weighted by molar-refractivity contribution is 5.99. The Labute approximate surface area is 755 Å². The van der Waals surface area contributed by atoms with Gasteiger partial charge in [-0.1, -0.05) is 113 Å². The number of Topliss-reactive ketones (excluding diaryl/α,β-unsaturated/α-hetero) is 6. The summed E-state index contributed by atoms with van der Waals surface area (Å²) in [4.78, 5) is 244. The highest BCUT2D eigenvalue weighted by atomic mass is 16.7. The quantitative estimate of drug-likeness (QED) is 0.0145. The molecule has 0 radical (unpaired) electrons. The summed E-state index contributed by atoms with van der Waals surface area (Å²) in [6, 6.07) is 21.8. The molecule has 14 N–H and O–H groups in total. The highest BCUT2D eigenvalue weighted by Gasteiger charge is 2.38. The summed E-state index contributed by atoms with van der Waals surface area (Å²) in [5.74, 6) is -9.10. The van der Waals surface area contributed by atoms with Crippen LogP contribution in [0.15, 0.2) is 109 Å². The number of nitrogens with one attached hydrogen (secondary N) is 6. The number of phenols is 2. The number of ether oxygens (including phenoxy) is 6. The molecule has 0 bridgehead atoms. The van der Waals surface area contributed by atoms with Crippen molar-refractivity contribution in [3.63, 3.8) is 0 Å². The van der Waals surface area contributed by atoms with Crippen LogP contribution in [0.3, 0.4) is 0 Å². The first-order valence-corrected chi connectivity index (χ1v) is 43.1. The number of carboxylic acid groups (broad SMARTS) is 2. The van der Waals surface area contributed by atoms with Gasteiger partial charge in [-0.2, -0.15) is 11.8 Å². The first-order chi connectivity index (χ1) is 61.8. The number of methoxy groups -OCH3 is 2. The maximum atomic E-state index is 14.5. The van der Waals surface area contributed by atoms with Crippen molar-refractivity contribution in [1.82, 2.24) is 31.9 Å². The smallest absolute Gasteiger partial charge is 0.324 e. The molecule has 6 amide bonds. The van der Waals surface area contributed by atoms with E-state index < -0.39 is 211 Å². The standard InChI is InChI=1S/C53H69N3O15.C39H59N5O15/c1-35(2)28-44(56-53(67)41(29-37-17-20-42(58)21-18-37)31-48(61)45(32-49(62)63)54-36(3)57)47(60)30-40(19-23-50(64)70-33-38-12-7-5-8-13-38)52(66)55-43(46(59)16-11-25-69-27-26-68-4)22-24-51(65)71-34-39-14-9-6-10-15-39;1-23(2)18-30(44-39(55)27(19-25-7-10-28(46)11-8-25)21-34(49)31(22-35(50)51)42-24(3)45)33(48)20-26(9-13-36(52)58-40)38(54)43-29(12-14-37(53)59-41)32(47)6-5-15-57-17-16-56-4/h5-10,12-15,17-18,20-21,35,40-41,43-45,58H,11,16,19,22-34H2,1-4H3,(H,54,57)(H,55,66)(H,56,67)(H,62,63);7-8,10-11,23,26-27,29-31,46H,5-6,9,12-22,40-41H2,1-4H3,(H,42,45)(H,43,54)(H,44,55)(H,50,51)/t40-,41-,43-,44-,45+;26-,27-,29-,30-,31+/m11/s1. The molecule has 0 aliphatic heterocycles. The Morgan fingerprint density at radius 3 is 0.962 bits per heavy atom. The molecule has 0 saturated carbocycles. The summed E-state index contributed by atoms with van der Waals surface area (Å²) in [7, 11) is 3.04. The second-order valence-electron chi connectivity index (χ2n) is 32.2. The molecular weight excluding hydrogens is 1700 g/mol. The third-order valence-corrected chi connectivity index (χ3v) is 20.3. The Morgan fingerprint density at radius 1 is 0.331 bits per heavy atom. The highest BCUT2D eigenvalue weighted by Crippen LogP contribution is 2.26. The Kier molecular flexibility index (Phi) is 54.3. The first-order valence-electron chi connectivity index (χ1n) is 43.1. The van der Waals surface area contributed by atoms with Crippen LogP contribution >= 0.6 is 0 Å². The van der Waals surface area contributed by atoms with Gasteiger partial charge in [-0.3, -0.25) is 86.3 Å². The lowest BCUT2D eigenvalue weighted by Gasteiger charge is -2.26. The summed E-state index contributed by atoms with van der Waals surface area (Å²) < 4.78 is 31.7. The number of phenolic OH excluding ortho intramolecular Hbond substituents is 2. The lowest BCUT2D eigenvalue weighted by molar-refractivity contribution is -0.147. The minimum atomic E-state index is -1.45. The minimum Gasteiger partial charge on any atom is -0.508 e. The topological polar surface area (TPSA) is 586 Å². The van der Waals surface area contributed by atoms with Crippen LogP contribution < -0.4 is 43.7 Å². The second-order valence-corrected chi connectivity index (χ2v) is 32.2. The van der Waals surface area contributed by atoms with Crippen LogP contribution in [0.2, 0.25) is 0 Å². The van der Waals surface area contributed by atoms with Crippen LogP contribution in [0.1, 0.15) is 192 Å². The van der Waals surface area contributed by atoms with Crippen molar-refractivity contribution >= 4 is 106 Å². The molecule has 130 heavy (non-hydrogen) atoms. The molecule has 0 aliphatic carbocycles. The molecule has 0 unspecified atom stereocenters. The van der Waals surface area contributed by atoms with Gasteiger partial charge in [0, 0.05) is 129 Å². The van der Waals surface area contributed by atoms with Crippen molar-refractivity contribution in [2.24, 2.45) is 47.3 Å². The number of aromatic hydroxyl groups is 2. The Morgan fingerprint density at radius 2 is 0.638 bits per heavy atom. The zero-order valence-corrected chi connectivity index (χ0v) is 75.1. The summed E-state index contributed by atoms with van der Waals surface area (Å²) in [6.07, 6.45) is -5.14. The fourth-order valence-corrected chi connectivity index (χ4v) is 13.5. The van der Waals surface area contributed by atoms with E-state index in [-0.39, 0.29) is 140 Å². The van der Waals surface area contributed by atoms with E-state index in [9.17, 15) is 107 Å². The molecule has 4 aromatic rings. The van der Waals surface area contributed by atoms with E-state index in [1.54, 1.807) is 62.4 Å². The van der Waals surface area contributed by atoms with Crippen LogP contribution in [0.25, 0.3) is 0 Å². The average Bonchev–Trinajstić information content (AvgIpc) is 0.867. The van der Waals surface area contributed by atoms with Crippen LogP contribution in [-0.2, 0) is 150 Å².